The second-order valence-electron chi connectivity index (χ2n) is 3.75. The monoisotopic (exact) mass is 315 g/mol. The largest absolute Gasteiger partial charge is 0.432 e. The van der Waals surface area contributed by atoms with E-state index in [9.17, 15) is 0 Å². The standard InChI is InChI=1S/C11H10INO2/c12-11-13-9-5-7(1-2-10(9)15-11)8-3-4-14-6-8/h1-2,5,8H,3-4,6H2. The minimum Gasteiger partial charge on any atom is -0.432 e. The predicted molar refractivity (Wildman–Crippen MR) is 64.9 cm³/mol. The zero-order valence-electron chi connectivity index (χ0n) is 8.07. The third kappa shape index (κ3) is 1.76. The van der Waals surface area contributed by atoms with Crippen molar-refractivity contribution in [3.63, 3.8) is 0 Å². The first-order chi connectivity index (χ1) is 7.33. The second-order valence-corrected chi connectivity index (χ2v) is 4.68. The number of fused-ring (bicyclic) bond motifs is 1. The molecule has 1 aromatic carbocycles. The molecule has 1 fully saturated rings. The molecule has 0 aliphatic carbocycles. The van der Waals surface area contributed by atoms with Crippen molar-refractivity contribution in [3.8, 4) is 0 Å². The Kier molecular flexibility index (Phi) is 2.40. The van der Waals surface area contributed by atoms with E-state index in [4.69, 9.17) is 9.15 Å². The van der Waals surface area contributed by atoms with Crippen molar-refractivity contribution in [2.24, 2.45) is 0 Å². The summed E-state index contributed by atoms with van der Waals surface area (Å²) < 4.78 is 11.5. The van der Waals surface area contributed by atoms with Gasteiger partial charge in [0.25, 0.3) is 3.90 Å². The zero-order valence-corrected chi connectivity index (χ0v) is 10.2. The third-order valence-corrected chi connectivity index (χ3v) is 3.25. The summed E-state index contributed by atoms with van der Waals surface area (Å²) in [4.78, 5) is 4.32. The van der Waals surface area contributed by atoms with Gasteiger partial charge in [0.2, 0.25) is 0 Å². The Morgan fingerprint density at radius 2 is 2.33 bits per heavy atom. The minimum atomic E-state index is 0.531. The summed E-state index contributed by atoms with van der Waals surface area (Å²) in [6, 6.07) is 6.22. The molecule has 0 amide bonds. The van der Waals surface area contributed by atoms with Crippen LogP contribution in [-0.2, 0) is 4.74 Å². The van der Waals surface area contributed by atoms with Gasteiger partial charge in [0.05, 0.1) is 6.61 Å². The first kappa shape index (κ1) is 9.59. The number of ether oxygens (including phenoxy) is 1. The van der Waals surface area contributed by atoms with E-state index < -0.39 is 0 Å². The SMILES string of the molecule is Ic1nc2cc(C3CCOC3)ccc2o1. The van der Waals surface area contributed by atoms with Crippen LogP contribution in [0.3, 0.4) is 0 Å². The molecule has 1 atom stereocenters. The molecule has 1 saturated heterocycles. The molecule has 2 heterocycles. The number of hydrogen-bond acceptors (Lipinski definition) is 3. The van der Waals surface area contributed by atoms with Crippen molar-refractivity contribution < 1.29 is 9.15 Å². The number of hydrogen-bond donors (Lipinski definition) is 0. The Hall–Kier alpha value is -0.620. The molecule has 0 spiro atoms. The van der Waals surface area contributed by atoms with Crippen LogP contribution in [0.4, 0.5) is 0 Å². The Labute approximate surface area is 101 Å². The number of aromatic nitrogens is 1. The van der Waals surface area contributed by atoms with Crippen LogP contribution in [0.25, 0.3) is 11.1 Å². The Balaban J connectivity index is 2.04. The molecule has 0 bridgehead atoms. The predicted octanol–water partition coefficient (Wildman–Crippen LogP) is 2.94. The van der Waals surface area contributed by atoms with Crippen LogP contribution in [0, 0.1) is 3.90 Å². The molecule has 15 heavy (non-hydrogen) atoms. The maximum absolute atomic E-state index is 5.43. The van der Waals surface area contributed by atoms with Gasteiger partial charge in [-0.3, -0.25) is 0 Å². The molecule has 1 aliphatic heterocycles. The molecule has 3 rings (SSSR count). The molecule has 0 N–H and O–H groups in total. The van der Waals surface area contributed by atoms with E-state index in [1.807, 2.05) is 6.07 Å². The minimum absolute atomic E-state index is 0.531. The van der Waals surface area contributed by atoms with Crippen LogP contribution in [0.15, 0.2) is 22.6 Å². The first-order valence-corrected chi connectivity index (χ1v) is 6.04. The van der Waals surface area contributed by atoms with Crippen LogP contribution in [0.2, 0.25) is 0 Å². The summed E-state index contributed by atoms with van der Waals surface area (Å²) in [5.74, 6) is 0.531. The Bertz CT molecular complexity index is 488. The molecule has 0 radical (unpaired) electrons. The zero-order chi connectivity index (χ0) is 10.3. The summed E-state index contributed by atoms with van der Waals surface area (Å²) in [5.41, 5.74) is 3.12. The maximum Gasteiger partial charge on any atom is 0.258 e. The molecular formula is C11H10INO2. The van der Waals surface area contributed by atoms with Gasteiger partial charge >= 0.3 is 0 Å². The summed E-state index contributed by atoms with van der Waals surface area (Å²) in [7, 11) is 0. The van der Waals surface area contributed by atoms with E-state index in [0.717, 1.165) is 30.7 Å². The van der Waals surface area contributed by atoms with Crippen molar-refractivity contribution in [2.75, 3.05) is 13.2 Å². The van der Waals surface area contributed by atoms with Crippen LogP contribution in [0.5, 0.6) is 0 Å². The first-order valence-electron chi connectivity index (χ1n) is 4.96. The third-order valence-electron chi connectivity index (χ3n) is 2.79. The molecule has 3 nitrogen and oxygen atoms in total. The van der Waals surface area contributed by atoms with E-state index in [-0.39, 0.29) is 0 Å². The highest BCUT2D eigenvalue weighted by molar-refractivity contribution is 14.1. The van der Waals surface area contributed by atoms with Crippen molar-refractivity contribution in [1.82, 2.24) is 4.98 Å². The van der Waals surface area contributed by atoms with Gasteiger partial charge in [0, 0.05) is 35.1 Å². The number of benzene rings is 1. The lowest BCUT2D eigenvalue weighted by molar-refractivity contribution is 0.194. The van der Waals surface area contributed by atoms with E-state index in [1.165, 1.54) is 5.56 Å². The number of oxazole rings is 1. The van der Waals surface area contributed by atoms with Gasteiger partial charge in [0.15, 0.2) is 5.58 Å². The van der Waals surface area contributed by atoms with Gasteiger partial charge in [-0.05, 0) is 24.1 Å². The molecule has 0 saturated carbocycles. The van der Waals surface area contributed by atoms with Gasteiger partial charge in [-0.1, -0.05) is 6.07 Å². The lowest BCUT2D eigenvalue weighted by Gasteiger charge is -2.06. The fourth-order valence-corrected chi connectivity index (χ4v) is 2.46. The molecule has 2 aromatic rings. The van der Waals surface area contributed by atoms with Crippen molar-refractivity contribution in [3.05, 3.63) is 27.7 Å². The summed E-state index contributed by atoms with van der Waals surface area (Å²) >= 11 is 2.09. The van der Waals surface area contributed by atoms with Crippen LogP contribution >= 0.6 is 22.6 Å². The molecule has 1 aromatic heterocycles. The number of rotatable bonds is 1. The van der Waals surface area contributed by atoms with Crippen LogP contribution in [0.1, 0.15) is 17.9 Å². The fourth-order valence-electron chi connectivity index (χ4n) is 1.97. The lowest BCUT2D eigenvalue weighted by Crippen LogP contribution is -1.96. The maximum atomic E-state index is 5.43. The normalized spacial score (nSPS) is 21.3. The second kappa shape index (κ2) is 3.75. The van der Waals surface area contributed by atoms with Crippen molar-refractivity contribution in [1.29, 1.82) is 0 Å². The average Bonchev–Trinajstić information content (AvgIpc) is 2.82. The Morgan fingerprint density at radius 3 is 3.13 bits per heavy atom. The molecular weight excluding hydrogens is 305 g/mol. The highest BCUT2D eigenvalue weighted by atomic mass is 127. The van der Waals surface area contributed by atoms with Crippen LogP contribution in [-0.4, -0.2) is 18.2 Å². The van der Waals surface area contributed by atoms with Gasteiger partial charge in [-0.2, -0.15) is 0 Å². The highest BCUT2D eigenvalue weighted by Crippen LogP contribution is 2.28. The van der Waals surface area contributed by atoms with Crippen molar-refractivity contribution in [2.45, 2.75) is 12.3 Å². The molecule has 78 valence electrons. The number of nitrogens with zero attached hydrogens (tertiary/aromatic N) is 1. The summed E-state index contributed by atoms with van der Waals surface area (Å²) in [6.45, 7) is 1.71. The number of halogens is 1. The molecule has 4 heteroatoms. The fraction of sp³-hybridized carbons (Fsp3) is 0.364. The van der Waals surface area contributed by atoms with Gasteiger partial charge in [0.1, 0.15) is 5.52 Å². The van der Waals surface area contributed by atoms with E-state index in [1.54, 1.807) is 0 Å². The van der Waals surface area contributed by atoms with E-state index in [2.05, 4.69) is 39.7 Å². The summed E-state index contributed by atoms with van der Waals surface area (Å²) in [6.07, 6.45) is 1.11. The molecule has 1 unspecified atom stereocenters. The van der Waals surface area contributed by atoms with E-state index in [0.29, 0.717) is 9.82 Å². The van der Waals surface area contributed by atoms with Crippen molar-refractivity contribution >= 4 is 33.7 Å². The van der Waals surface area contributed by atoms with Gasteiger partial charge in [-0.15, -0.1) is 0 Å². The quantitative estimate of drug-likeness (QED) is 0.759. The average molecular weight is 315 g/mol. The Morgan fingerprint density at radius 1 is 1.40 bits per heavy atom. The van der Waals surface area contributed by atoms with Crippen LogP contribution < -0.4 is 0 Å². The highest BCUT2D eigenvalue weighted by Gasteiger charge is 2.18. The van der Waals surface area contributed by atoms with Gasteiger partial charge in [-0.25, -0.2) is 4.98 Å². The molecule has 1 aliphatic rings. The topological polar surface area (TPSA) is 35.3 Å². The van der Waals surface area contributed by atoms with E-state index >= 15 is 0 Å². The lowest BCUT2D eigenvalue weighted by atomic mass is 9.98. The summed E-state index contributed by atoms with van der Waals surface area (Å²) in [5, 5.41) is 0. The smallest absolute Gasteiger partial charge is 0.258 e. The van der Waals surface area contributed by atoms with Gasteiger partial charge < -0.3 is 9.15 Å².